The van der Waals surface area contributed by atoms with Crippen molar-refractivity contribution in [3.05, 3.63) is 30.7 Å². The molecule has 3 saturated carbocycles. The van der Waals surface area contributed by atoms with Gasteiger partial charge in [-0.25, -0.2) is 13.1 Å². The number of nitrogens with zero attached hydrogens (tertiary/aromatic N) is 2. The first-order valence-corrected chi connectivity index (χ1v) is 9.96. The maximum atomic E-state index is 12.6. The van der Waals surface area contributed by atoms with Gasteiger partial charge in [-0.1, -0.05) is 6.07 Å². The van der Waals surface area contributed by atoms with Gasteiger partial charge < -0.3 is 4.42 Å². The minimum Gasteiger partial charge on any atom is -0.423 e. The number of benzene rings is 1. The highest BCUT2D eigenvalue weighted by Gasteiger charge is 2.67. The number of sulfonamides is 1. The largest absolute Gasteiger partial charge is 0.423 e. The predicted molar refractivity (Wildman–Crippen MR) is 86.4 cm³/mol. The topological polar surface area (TPSA) is 102 Å². The van der Waals surface area contributed by atoms with E-state index in [9.17, 15) is 13.2 Å². The number of carbonyl (C=O) groups excluding carboxylic acids is 1. The van der Waals surface area contributed by atoms with Gasteiger partial charge >= 0.3 is 0 Å². The molecule has 0 saturated heterocycles. The molecule has 7 nitrogen and oxygen atoms in total. The molecule has 4 unspecified atom stereocenters. The van der Waals surface area contributed by atoms with E-state index in [4.69, 9.17) is 4.42 Å². The quantitative estimate of drug-likeness (QED) is 0.893. The fraction of sp³-hybridized carbons (Fsp3) is 0.471. The Balaban J connectivity index is 1.36. The van der Waals surface area contributed by atoms with Gasteiger partial charge in [0.2, 0.25) is 18.2 Å². The van der Waals surface area contributed by atoms with Crippen LogP contribution in [0.1, 0.15) is 19.3 Å². The summed E-state index contributed by atoms with van der Waals surface area (Å²) in [6.45, 7) is 0. The summed E-state index contributed by atoms with van der Waals surface area (Å²) in [5.74, 6) is 1.80. The number of fused-ring (bicyclic) bond motifs is 5. The molecule has 1 amide bonds. The van der Waals surface area contributed by atoms with E-state index < -0.39 is 10.0 Å². The van der Waals surface area contributed by atoms with E-state index in [0.29, 0.717) is 29.2 Å². The zero-order valence-electron chi connectivity index (χ0n) is 13.3. The monoisotopic (exact) mass is 359 g/mol. The molecule has 130 valence electrons. The lowest BCUT2D eigenvalue weighted by atomic mass is 10.0. The maximum Gasteiger partial charge on any atom is 0.264 e. The Morgan fingerprint density at radius 3 is 2.64 bits per heavy atom. The first-order valence-electron chi connectivity index (χ1n) is 8.48. The third-order valence-electron chi connectivity index (χ3n) is 6.02. The standard InChI is InChI=1S/C17H17N3O4S/c21-16(15-13-9-4-5-10(6-9)14(13)15)20-25(22,23)12-3-1-2-11(7-12)17-19-18-8-24-17/h1-3,7-10,13-15H,4-6H2,(H,20,21). The van der Waals surface area contributed by atoms with Crippen LogP contribution in [0.4, 0.5) is 0 Å². The summed E-state index contributed by atoms with van der Waals surface area (Å²) < 4.78 is 32.6. The highest BCUT2D eigenvalue weighted by Crippen LogP contribution is 2.69. The highest BCUT2D eigenvalue weighted by molar-refractivity contribution is 7.90. The van der Waals surface area contributed by atoms with Crippen molar-refractivity contribution in [2.45, 2.75) is 24.2 Å². The van der Waals surface area contributed by atoms with Crippen molar-refractivity contribution in [1.29, 1.82) is 0 Å². The molecule has 0 radical (unpaired) electrons. The van der Waals surface area contributed by atoms with Gasteiger partial charge in [0.15, 0.2) is 0 Å². The van der Waals surface area contributed by atoms with Crippen molar-refractivity contribution in [3.63, 3.8) is 0 Å². The summed E-state index contributed by atoms with van der Waals surface area (Å²) in [5.41, 5.74) is 0.495. The first-order chi connectivity index (χ1) is 12.0. The van der Waals surface area contributed by atoms with Crippen molar-refractivity contribution in [3.8, 4) is 11.5 Å². The van der Waals surface area contributed by atoms with Crippen LogP contribution >= 0.6 is 0 Å². The van der Waals surface area contributed by atoms with Gasteiger partial charge in [0.05, 0.1) is 4.90 Å². The van der Waals surface area contributed by atoms with Crippen molar-refractivity contribution < 1.29 is 17.6 Å². The molecule has 4 atom stereocenters. The highest BCUT2D eigenvalue weighted by atomic mass is 32.2. The molecular formula is C17H17N3O4S. The minimum absolute atomic E-state index is 0.0188. The number of hydrogen-bond donors (Lipinski definition) is 1. The fourth-order valence-electron chi connectivity index (χ4n) is 5.03. The zero-order chi connectivity index (χ0) is 17.2. The average molecular weight is 359 g/mol. The molecule has 1 aromatic carbocycles. The lowest BCUT2D eigenvalue weighted by molar-refractivity contribution is -0.121. The molecule has 8 heteroatoms. The molecule has 25 heavy (non-hydrogen) atoms. The molecule has 0 aliphatic heterocycles. The van der Waals surface area contributed by atoms with Crippen LogP contribution in [0.2, 0.25) is 0 Å². The number of hydrogen-bond acceptors (Lipinski definition) is 6. The Morgan fingerprint density at radius 1 is 1.20 bits per heavy atom. The number of carbonyl (C=O) groups is 1. The number of amides is 1. The van der Waals surface area contributed by atoms with E-state index in [1.54, 1.807) is 12.1 Å². The number of rotatable bonds is 4. The Kier molecular flexibility index (Phi) is 3.10. The molecule has 2 aromatic rings. The molecule has 2 bridgehead atoms. The molecule has 3 aliphatic rings. The second-order valence-electron chi connectivity index (χ2n) is 7.26. The van der Waals surface area contributed by atoms with Crippen molar-refractivity contribution in [2.75, 3.05) is 0 Å². The fourth-order valence-corrected chi connectivity index (χ4v) is 6.09. The van der Waals surface area contributed by atoms with Crippen LogP contribution in [0.5, 0.6) is 0 Å². The molecule has 3 aliphatic carbocycles. The molecule has 1 heterocycles. The molecule has 3 fully saturated rings. The van der Waals surface area contributed by atoms with E-state index in [-0.39, 0.29) is 22.6 Å². The Labute approximate surface area is 144 Å². The van der Waals surface area contributed by atoms with Crippen molar-refractivity contribution in [2.24, 2.45) is 29.6 Å². The maximum absolute atomic E-state index is 12.6. The van der Waals surface area contributed by atoms with E-state index in [1.807, 2.05) is 0 Å². The summed E-state index contributed by atoms with van der Waals surface area (Å²) in [4.78, 5) is 12.5. The summed E-state index contributed by atoms with van der Waals surface area (Å²) in [7, 11) is -3.91. The van der Waals surface area contributed by atoms with Gasteiger partial charge in [0.25, 0.3) is 10.0 Å². The third kappa shape index (κ3) is 2.31. The summed E-state index contributed by atoms with van der Waals surface area (Å²) in [5, 5.41) is 7.36. The smallest absolute Gasteiger partial charge is 0.264 e. The summed E-state index contributed by atoms with van der Waals surface area (Å²) in [6.07, 6.45) is 4.78. The first kappa shape index (κ1) is 15.1. The van der Waals surface area contributed by atoms with Gasteiger partial charge in [-0.15, -0.1) is 10.2 Å². The molecule has 0 spiro atoms. The average Bonchev–Trinajstić information content (AvgIpc) is 3.01. The lowest BCUT2D eigenvalue weighted by Gasteiger charge is -2.10. The summed E-state index contributed by atoms with van der Waals surface area (Å²) in [6, 6.07) is 6.15. The van der Waals surface area contributed by atoms with E-state index in [0.717, 1.165) is 0 Å². The van der Waals surface area contributed by atoms with Gasteiger partial charge in [-0.2, -0.15) is 0 Å². The van der Waals surface area contributed by atoms with Gasteiger partial charge in [0.1, 0.15) is 0 Å². The Bertz CT molecular complexity index is 925. The van der Waals surface area contributed by atoms with Crippen LogP contribution in [-0.2, 0) is 14.8 Å². The zero-order valence-corrected chi connectivity index (χ0v) is 14.1. The normalized spacial score (nSPS) is 32.4. The van der Waals surface area contributed by atoms with E-state index >= 15 is 0 Å². The van der Waals surface area contributed by atoms with Crippen LogP contribution in [0.25, 0.3) is 11.5 Å². The van der Waals surface area contributed by atoms with Crippen LogP contribution in [-0.4, -0.2) is 24.5 Å². The minimum atomic E-state index is -3.91. The lowest BCUT2D eigenvalue weighted by Crippen LogP contribution is -2.33. The van der Waals surface area contributed by atoms with E-state index in [1.165, 1.54) is 37.8 Å². The number of aromatic nitrogens is 2. The summed E-state index contributed by atoms with van der Waals surface area (Å²) >= 11 is 0. The Hall–Kier alpha value is -2.22. The SMILES string of the molecule is O=C(NS(=O)(=O)c1cccc(-c2nnco2)c1)C1C2C3CCC(C3)C12. The van der Waals surface area contributed by atoms with Crippen LogP contribution in [0, 0.1) is 29.6 Å². The van der Waals surface area contributed by atoms with Crippen LogP contribution in [0.3, 0.4) is 0 Å². The second-order valence-corrected chi connectivity index (χ2v) is 8.94. The van der Waals surface area contributed by atoms with Gasteiger partial charge in [-0.05, 0) is 61.1 Å². The van der Waals surface area contributed by atoms with Crippen LogP contribution < -0.4 is 4.72 Å². The predicted octanol–water partition coefficient (Wildman–Crippen LogP) is 1.83. The molecule has 5 rings (SSSR count). The third-order valence-corrected chi connectivity index (χ3v) is 7.37. The van der Waals surface area contributed by atoms with Crippen molar-refractivity contribution >= 4 is 15.9 Å². The van der Waals surface area contributed by atoms with Crippen LogP contribution in [0.15, 0.2) is 40.0 Å². The molecule has 1 N–H and O–H groups in total. The second kappa shape index (κ2) is 5.14. The molecular weight excluding hydrogens is 342 g/mol. The van der Waals surface area contributed by atoms with Crippen molar-refractivity contribution in [1.82, 2.24) is 14.9 Å². The van der Waals surface area contributed by atoms with Gasteiger partial charge in [-0.3, -0.25) is 4.79 Å². The number of nitrogens with one attached hydrogen (secondary N) is 1. The Morgan fingerprint density at radius 2 is 1.96 bits per heavy atom. The van der Waals surface area contributed by atoms with Gasteiger partial charge in [0, 0.05) is 11.5 Å². The van der Waals surface area contributed by atoms with E-state index in [2.05, 4.69) is 14.9 Å². The molecule has 1 aromatic heterocycles.